The van der Waals surface area contributed by atoms with Gasteiger partial charge in [0.15, 0.2) is 11.3 Å². The van der Waals surface area contributed by atoms with Crippen molar-refractivity contribution in [3.63, 3.8) is 0 Å². The minimum Gasteiger partial charge on any atom is -0.462 e. The zero-order chi connectivity index (χ0) is 18.5. The summed E-state index contributed by atoms with van der Waals surface area (Å²) in [6.45, 7) is 4.32. The molecule has 0 radical (unpaired) electrons. The van der Waals surface area contributed by atoms with Gasteiger partial charge < -0.3 is 14.5 Å². The molecule has 2 aromatic heterocycles. The minimum atomic E-state index is -0.376. The van der Waals surface area contributed by atoms with E-state index in [1.54, 1.807) is 36.4 Å². The van der Waals surface area contributed by atoms with Crippen LogP contribution in [0, 0.1) is 6.92 Å². The third-order valence-electron chi connectivity index (χ3n) is 3.85. The largest absolute Gasteiger partial charge is 0.462 e. The molecule has 0 atom stereocenters. The second-order valence-electron chi connectivity index (χ2n) is 5.97. The molecule has 2 heterocycles. The molecule has 0 aliphatic carbocycles. The first-order valence-electron chi connectivity index (χ1n) is 8.52. The Kier molecular flexibility index (Phi) is 5.31. The highest BCUT2D eigenvalue weighted by molar-refractivity contribution is 6.04. The van der Waals surface area contributed by atoms with E-state index in [1.807, 2.05) is 19.9 Å². The van der Waals surface area contributed by atoms with Crippen LogP contribution < -0.4 is 5.32 Å². The molecule has 0 aliphatic heterocycles. The van der Waals surface area contributed by atoms with Crippen molar-refractivity contribution < 1.29 is 18.7 Å². The fraction of sp³-hybridized carbons (Fsp3) is 0.250. The quantitative estimate of drug-likeness (QED) is 0.527. The summed E-state index contributed by atoms with van der Waals surface area (Å²) in [5.41, 5.74) is 3.06. The highest BCUT2D eigenvalue weighted by atomic mass is 16.5. The number of ether oxygens (including phenoxy) is 1. The van der Waals surface area contributed by atoms with Gasteiger partial charge in [0.2, 0.25) is 0 Å². The van der Waals surface area contributed by atoms with E-state index in [-0.39, 0.29) is 17.6 Å². The lowest BCUT2D eigenvalue weighted by atomic mass is 10.2. The average Bonchev–Trinajstić information content (AvgIpc) is 3.05. The number of rotatable bonds is 6. The molecule has 0 bridgehead atoms. The first kappa shape index (κ1) is 17.7. The van der Waals surface area contributed by atoms with Crippen molar-refractivity contribution in [3.8, 4) is 0 Å². The molecule has 1 N–H and O–H groups in total. The first-order valence-corrected chi connectivity index (χ1v) is 8.52. The number of pyridine rings is 1. The maximum absolute atomic E-state index is 12.3. The molecule has 0 saturated carbocycles. The molecule has 1 aromatic carbocycles. The number of nitrogens with one attached hydrogen (secondary N) is 1. The van der Waals surface area contributed by atoms with E-state index < -0.39 is 0 Å². The maximum atomic E-state index is 12.3. The van der Waals surface area contributed by atoms with Crippen LogP contribution in [-0.2, 0) is 4.74 Å². The molecule has 3 aromatic rings. The summed E-state index contributed by atoms with van der Waals surface area (Å²) >= 11 is 0. The molecule has 6 heteroatoms. The van der Waals surface area contributed by atoms with Crippen molar-refractivity contribution in [2.24, 2.45) is 0 Å². The van der Waals surface area contributed by atoms with Crippen molar-refractivity contribution in [2.75, 3.05) is 11.9 Å². The summed E-state index contributed by atoms with van der Waals surface area (Å²) in [4.78, 5) is 28.5. The van der Waals surface area contributed by atoms with Crippen LogP contribution in [0.1, 0.15) is 46.4 Å². The Labute approximate surface area is 151 Å². The SMILES string of the molecule is CCCCOC(=O)c1ccc(NC(=O)c2cc3nc(C)ccc3o2)cc1. The Morgan fingerprint density at radius 2 is 1.92 bits per heavy atom. The monoisotopic (exact) mass is 352 g/mol. The highest BCUT2D eigenvalue weighted by Gasteiger charge is 2.14. The minimum absolute atomic E-state index is 0.182. The number of anilines is 1. The average molecular weight is 352 g/mol. The molecule has 1 amide bonds. The maximum Gasteiger partial charge on any atom is 0.338 e. The van der Waals surface area contributed by atoms with Crippen molar-refractivity contribution >= 4 is 28.7 Å². The number of nitrogens with zero attached hydrogens (tertiary/aromatic N) is 1. The van der Waals surface area contributed by atoms with Gasteiger partial charge in [-0.1, -0.05) is 13.3 Å². The lowest BCUT2D eigenvalue weighted by Crippen LogP contribution is -2.11. The number of carbonyl (C=O) groups is 2. The number of esters is 1. The molecule has 0 aliphatic rings. The second kappa shape index (κ2) is 7.82. The van der Waals surface area contributed by atoms with Crippen LogP contribution in [0.2, 0.25) is 0 Å². The molecule has 0 fully saturated rings. The molecule has 26 heavy (non-hydrogen) atoms. The second-order valence-corrected chi connectivity index (χ2v) is 5.97. The number of unbranched alkanes of at least 4 members (excludes halogenated alkanes) is 1. The number of furan rings is 1. The van der Waals surface area contributed by atoms with E-state index in [0.29, 0.717) is 29.0 Å². The Balaban J connectivity index is 1.66. The topological polar surface area (TPSA) is 81.4 Å². The van der Waals surface area contributed by atoms with Gasteiger partial charge in [-0.15, -0.1) is 0 Å². The Morgan fingerprint density at radius 1 is 1.15 bits per heavy atom. The van der Waals surface area contributed by atoms with Gasteiger partial charge in [-0.25, -0.2) is 9.78 Å². The normalized spacial score (nSPS) is 10.7. The number of hydrogen-bond acceptors (Lipinski definition) is 5. The number of aromatic nitrogens is 1. The van der Waals surface area contributed by atoms with Crippen LogP contribution >= 0.6 is 0 Å². The summed E-state index contributed by atoms with van der Waals surface area (Å²) in [6.07, 6.45) is 1.81. The van der Waals surface area contributed by atoms with Crippen LogP contribution in [0.5, 0.6) is 0 Å². The van der Waals surface area contributed by atoms with Crippen molar-refractivity contribution in [1.29, 1.82) is 0 Å². The Bertz CT molecular complexity index is 929. The Hall–Kier alpha value is -3.15. The molecule has 6 nitrogen and oxygen atoms in total. The van der Waals surface area contributed by atoms with E-state index in [2.05, 4.69) is 10.3 Å². The van der Waals surface area contributed by atoms with Crippen LogP contribution in [-0.4, -0.2) is 23.5 Å². The van der Waals surface area contributed by atoms with Gasteiger partial charge >= 0.3 is 5.97 Å². The number of carbonyl (C=O) groups excluding carboxylic acids is 2. The molecular formula is C20H20N2O4. The van der Waals surface area contributed by atoms with E-state index >= 15 is 0 Å². The van der Waals surface area contributed by atoms with Crippen molar-refractivity contribution in [2.45, 2.75) is 26.7 Å². The molecule has 134 valence electrons. The zero-order valence-electron chi connectivity index (χ0n) is 14.7. The number of fused-ring (bicyclic) bond motifs is 1. The summed E-state index contributed by atoms with van der Waals surface area (Å²) in [6, 6.07) is 11.8. The first-order chi connectivity index (χ1) is 12.6. The number of aryl methyl sites for hydroxylation is 1. The number of hydrogen-bond donors (Lipinski definition) is 1. The van der Waals surface area contributed by atoms with Crippen LogP contribution in [0.3, 0.4) is 0 Å². The number of benzene rings is 1. The smallest absolute Gasteiger partial charge is 0.338 e. The van der Waals surface area contributed by atoms with E-state index in [9.17, 15) is 9.59 Å². The van der Waals surface area contributed by atoms with Gasteiger partial charge in [0, 0.05) is 17.4 Å². The van der Waals surface area contributed by atoms with E-state index in [1.165, 1.54) is 0 Å². The highest BCUT2D eigenvalue weighted by Crippen LogP contribution is 2.19. The molecule has 0 unspecified atom stereocenters. The lowest BCUT2D eigenvalue weighted by Gasteiger charge is -2.06. The predicted octanol–water partition coefficient (Wildman–Crippen LogP) is 4.35. The van der Waals surface area contributed by atoms with Crippen LogP contribution in [0.4, 0.5) is 5.69 Å². The van der Waals surface area contributed by atoms with E-state index in [4.69, 9.17) is 9.15 Å². The molecule has 0 spiro atoms. The predicted molar refractivity (Wildman–Crippen MR) is 98.3 cm³/mol. The van der Waals surface area contributed by atoms with Gasteiger partial charge in [-0.2, -0.15) is 0 Å². The van der Waals surface area contributed by atoms with E-state index in [0.717, 1.165) is 18.5 Å². The number of amides is 1. The molecule has 0 saturated heterocycles. The summed E-state index contributed by atoms with van der Waals surface area (Å²) in [7, 11) is 0. The zero-order valence-corrected chi connectivity index (χ0v) is 14.7. The van der Waals surface area contributed by atoms with Crippen LogP contribution in [0.15, 0.2) is 46.9 Å². The molecule has 3 rings (SSSR count). The summed E-state index contributed by atoms with van der Waals surface area (Å²) < 4.78 is 10.7. The fourth-order valence-corrected chi connectivity index (χ4v) is 2.41. The van der Waals surface area contributed by atoms with Crippen molar-refractivity contribution in [3.05, 3.63) is 59.5 Å². The van der Waals surface area contributed by atoms with Gasteiger partial charge in [-0.05, 0) is 49.7 Å². The summed E-state index contributed by atoms with van der Waals surface area (Å²) in [5, 5.41) is 2.74. The Morgan fingerprint density at radius 3 is 2.65 bits per heavy atom. The molecular weight excluding hydrogens is 332 g/mol. The van der Waals surface area contributed by atoms with Gasteiger partial charge in [0.1, 0.15) is 5.52 Å². The fourth-order valence-electron chi connectivity index (χ4n) is 2.41. The van der Waals surface area contributed by atoms with Crippen LogP contribution in [0.25, 0.3) is 11.1 Å². The van der Waals surface area contributed by atoms with Gasteiger partial charge in [0.05, 0.1) is 12.2 Å². The van der Waals surface area contributed by atoms with Gasteiger partial charge in [0.25, 0.3) is 5.91 Å². The third-order valence-corrected chi connectivity index (χ3v) is 3.85. The lowest BCUT2D eigenvalue weighted by molar-refractivity contribution is 0.0499. The summed E-state index contributed by atoms with van der Waals surface area (Å²) in [5.74, 6) is -0.560. The van der Waals surface area contributed by atoms with Gasteiger partial charge in [-0.3, -0.25) is 4.79 Å². The standard InChI is InChI=1S/C20H20N2O4/c1-3-4-11-25-20(24)14-6-8-15(9-7-14)22-19(23)18-12-16-17(26-18)10-5-13(2)21-16/h5-10,12H,3-4,11H2,1-2H3,(H,22,23). The third kappa shape index (κ3) is 4.08. The van der Waals surface area contributed by atoms with Crippen molar-refractivity contribution in [1.82, 2.24) is 4.98 Å².